The molecule has 0 spiro atoms. The highest BCUT2D eigenvalue weighted by molar-refractivity contribution is 5.79. The number of aliphatic carboxylic acids is 1. The summed E-state index contributed by atoms with van der Waals surface area (Å²) < 4.78 is 6.90. The molecule has 1 aliphatic heterocycles. The quantitative estimate of drug-likeness (QED) is 0.897. The van der Waals surface area contributed by atoms with E-state index in [2.05, 4.69) is 4.98 Å². The fourth-order valence-electron chi connectivity index (χ4n) is 2.53. The van der Waals surface area contributed by atoms with Gasteiger partial charge in [-0.1, -0.05) is 0 Å². The van der Waals surface area contributed by atoms with Gasteiger partial charge in [0.25, 0.3) is 0 Å². The fraction of sp³-hybridized carbons (Fsp3) is 0.643. The molecule has 2 rings (SSSR count). The van der Waals surface area contributed by atoms with Gasteiger partial charge in [-0.15, -0.1) is 0 Å². The van der Waals surface area contributed by atoms with E-state index in [9.17, 15) is 14.7 Å². The number of carbonyl (C=O) groups excluding carboxylic acids is 1. The Morgan fingerprint density at radius 3 is 2.62 bits per heavy atom. The molecule has 1 saturated heterocycles. The molecule has 1 unspecified atom stereocenters. The number of carbonyl (C=O) groups is 2. The van der Waals surface area contributed by atoms with E-state index in [1.807, 2.05) is 0 Å². The van der Waals surface area contributed by atoms with Crippen LogP contribution in [-0.4, -0.2) is 50.3 Å². The van der Waals surface area contributed by atoms with Crippen LogP contribution in [0.25, 0.3) is 0 Å². The van der Waals surface area contributed by atoms with Crippen molar-refractivity contribution in [3.05, 3.63) is 18.7 Å². The summed E-state index contributed by atoms with van der Waals surface area (Å²) in [6.07, 6.45) is 5.21. The lowest BCUT2D eigenvalue weighted by atomic mass is 9.89. The molecule has 2 heterocycles. The standard InChI is InChI=1S/C14H21N3O4/c1-13(2,3)21-12(20)16-7-4-5-14(9-16,11(18)19)17-8-6-15-10-17/h6,8,10H,4-5,7,9H2,1-3H3,(H,18,19). The highest BCUT2D eigenvalue weighted by Crippen LogP contribution is 2.30. The minimum atomic E-state index is -1.17. The summed E-state index contributed by atoms with van der Waals surface area (Å²) in [6, 6.07) is 0. The molecule has 1 aromatic heterocycles. The summed E-state index contributed by atoms with van der Waals surface area (Å²) in [7, 11) is 0. The van der Waals surface area contributed by atoms with Gasteiger partial charge < -0.3 is 19.3 Å². The summed E-state index contributed by atoms with van der Waals surface area (Å²) in [5, 5.41) is 9.67. The Labute approximate surface area is 123 Å². The Hall–Kier alpha value is -2.05. The van der Waals surface area contributed by atoms with Crippen LogP contribution in [0.3, 0.4) is 0 Å². The second-order valence-electron chi connectivity index (χ2n) is 6.31. The normalized spacial score (nSPS) is 22.9. The number of piperidine rings is 1. The fourth-order valence-corrected chi connectivity index (χ4v) is 2.53. The van der Waals surface area contributed by atoms with Crippen molar-refractivity contribution in [3.63, 3.8) is 0 Å². The smallest absolute Gasteiger partial charge is 0.410 e. The van der Waals surface area contributed by atoms with Gasteiger partial charge in [-0.05, 0) is 33.6 Å². The number of aromatic nitrogens is 2. The van der Waals surface area contributed by atoms with Gasteiger partial charge in [-0.3, -0.25) is 0 Å². The maximum atomic E-state index is 12.2. The Morgan fingerprint density at radius 1 is 1.38 bits per heavy atom. The van der Waals surface area contributed by atoms with Crippen molar-refractivity contribution in [2.24, 2.45) is 0 Å². The van der Waals surface area contributed by atoms with E-state index in [0.29, 0.717) is 19.4 Å². The number of imidazole rings is 1. The van der Waals surface area contributed by atoms with Crippen molar-refractivity contribution in [2.45, 2.75) is 44.8 Å². The lowest BCUT2D eigenvalue weighted by molar-refractivity contribution is -0.150. The molecular formula is C14H21N3O4. The molecule has 0 bridgehead atoms. The summed E-state index contributed by atoms with van der Waals surface area (Å²) in [6.45, 7) is 5.94. The number of hydrogen-bond acceptors (Lipinski definition) is 4. The van der Waals surface area contributed by atoms with Gasteiger partial charge in [0.05, 0.1) is 12.9 Å². The van der Waals surface area contributed by atoms with Crippen LogP contribution in [0, 0.1) is 0 Å². The zero-order chi connectivity index (χ0) is 15.7. The number of ether oxygens (including phenoxy) is 1. The van der Waals surface area contributed by atoms with Crippen molar-refractivity contribution < 1.29 is 19.4 Å². The van der Waals surface area contributed by atoms with Crippen LogP contribution in [0.1, 0.15) is 33.6 Å². The average molecular weight is 295 g/mol. The van der Waals surface area contributed by atoms with Crippen LogP contribution < -0.4 is 0 Å². The first-order valence-electron chi connectivity index (χ1n) is 6.94. The topological polar surface area (TPSA) is 84.7 Å². The lowest BCUT2D eigenvalue weighted by Gasteiger charge is -2.40. The Morgan fingerprint density at radius 2 is 2.10 bits per heavy atom. The van der Waals surface area contributed by atoms with E-state index in [4.69, 9.17) is 4.74 Å². The zero-order valence-electron chi connectivity index (χ0n) is 12.6. The monoisotopic (exact) mass is 295 g/mol. The molecule has 116 valence electrons. The largest absolute Gasteiger partial charge is 0.479 e. The maximum Gasteiger partial charge on any atom is 0.410 e. The van der Waals surface area contributed by atoms with E-state index in [1.54, 1.807) is 31.5 Å². The molecule has 7 heteroatoms. The van der Waals surface area contributed by atoms with Crippen LogP contribution in [0.4, 0.5) is 4.79 Å². The van der Waals surface area contributed by atoms with Crippen molar-refractivity contribution >= 4 is 12.1 Å². The summed E-state index contributed by atoms with van der Waals surface area (Å²) in [4.78, 5) is 29.4. The van der Waals surface area contributed by atoms with Crippen molar-refractivity contribution in [1.29, 1.82) is 0 Å². The third-order valence-corrected chi connectivity index (χ3v) is 3.52. The van der Waals surface area contributed by atoms with E-state index in [0.717, 1.165) is 0 Å². The van der Waals surface area contributed by atoms with Crippen molar-refractivity contribution in [2.75, 3.05) is 13.1 Å². The summed E-state index contributed by atoms with van der Waals surface area (Å²) in [5.74, 6) is -0.964. The number of carboxylic acid groups (broad SMARTS) is 1. The predicted octanol–water partition coefficient (Wildman–Crippen LogP) is 1.69. The highest BCUT2D eigenvalue weighted by Gasteiger charge is 2.45. The molecule has 0 saturated carbocycles. The van der Waals surface area contributed by atoms with Gasteiger partial charge in [0, 0.05) is 18.9 Å². The minimum absolute atomic E-state index is 0.0770. The molecular weight excluding hydrogens is 274 g/mol. The molecule has 0 aromatic carbocycles. The first-order valence-corrected chi connectivity index (χ1v) is 6.94. The third-order valence-electron chi connectivity index (χ3n) is 3.52. The zero-order valence-corrected chi connectivity index (χ0v) is 12.6. The second kappa shape index (κ2) is 5.38. The molecule has 1 amide bonds. The third kappa shape index (κ3) is 3.17. The molecule has 1 aliphatic rings. The van der Waals surface area contributed by atoms with Crippen LogP contribution in [-0.2, 0) is 15.1 Å². The van der Waals surface area contributed by atoms with Crippen LogP contribution in [0.2, 0.25) is 0 Å². The number of carboxylic acids is 1. The van der Waals surface area contributed by atoms with E-state index >= 15 is 0 Å². The molecule has 7 nitrogen and oxygen atoms in total. The van der Waals surface area contributed by atoms with Crippen LogP contribution >= 0.6 is 0 Å². The van der Waals surface area contributed by atoms with Gasteiger partial charge in [-0.2, -0.15) is 0 Å². The van der Waals surface area contributed by atoms with Crippen LogP contribution in [0.5, 0.6) is 0 Å². The lowest BCUT2D eigenvalue weighted by Crippen LogP contribution is -2.56. The van der Waals surface area contributed by atoms with Crippen molar-refractivity contribution in [3.8, 4) is 0 Å². The van der Waals surface area contributed by atoms with Gasteiger partial charge in [-0.25, -0.2) is 14.6 Å². The molecule has 0 aliphatic carbocycles. The predicted molar refractivity (Wildman–Crippen MR) is 74.9 cm³/mol. The van der Waals surface area contributed by atoms with Gasteiger partial charge in [0.1, 0.15) is 5.60 Å². The number of nitrogens with zero attached hydrogens (tertiary/aromatic N) is 3. The Kier molecular flexibility index (Phi) is 3.93. The van der Waals surface area contributed by atoms with Gasteiger partial charge in [0.2, 0.25) is 0 Å². The molecule has 21 heavy (non-hydrogen) atoms. The number of amides is 1. The summed E-state index contributed by atoms with van der Waals surface area (Å²) in [5.41, 5.74) is -1.78. The van der Waals surface area contributed by atoms with Crippen molar-refractivity contribution in [1.82, 2.24) is 14.5 Å². The summed E-state index contributed by atoms with van der Waals surface area (Å²) >= 11 is 0. The average Bonchev–Trinajstić information content (AvgIpc) is 2.90. The molecule has 1 N–H and O–H groups in total. The van der Waals surface area contributed by atoms with Gasteiger partial charge in [0.15, 0.2) is 5.54 Å². The minimum Gasteiger partial charge on any atom is -0.479 e. The SMILES string of the molecule is CC(C)(C)OC(=O)N1CCCC(C(=O)O)(n2ccnc2)C1. The maximum absolute atomic E-state index is 12.2. The molecule has 1 atom stereocenters. The molecule has 0 radical (unpaired) electrons. The first-order chi connectivity index (χ1) is 9.74. The Balaban J connectivity index is 2.22. The first kappa shape index (κ1) is 15.3. The number of hydrogen-bond donors (Lipinski definition) is 1. The van der Waals surface area contributed by atoms with E-state index < -0.39 is 23.2 Å². The molecule has 1 fully saturated rings. The Bertz CT molecular complexity index is 521. The van der Waals surface area contributed by atoms with Gasteiger partial charge >= 0.3 is 12.1 Å². The number of likely N-dealkylation sites (tertiary alicyclic amines) is 1. The second-order valence-corrected chi connectivity index (χ2v) is 6.31. The number of rotatable bonds is 2. The molecule has 1 aromatic rings. The van der Waals surface area contributed by atoms with E-state index in [-0.39, 0.29) is 6.54 Å². The van der Waals surface area contributed by atoms with E-state index in [1.165, 1.54) is 17.4 Å². The highest BCUT2D eigenvalue weighted by atomic mass is 16.6. The van der Waals surface area contributed by atoms with Crippen LogP contribution in [0.15, 0.2) is 18.7 Å².